The number of thiazole rings is 1. The molecule has 0 bridgehead atoms. The van der Waals surface area contributed by atoms with Crippen LogP contribution in [0, 0.1) is 11.8 Å². The summed E-state index contributed by atoms with van der Waals surface area (Å²) in [6.45, 7) is 6.85. The van der Waals surface area contributed by atoms with Crippen LogP contribution in [0.3, 0.4) is 0 Å². The van der Waals surface area contributed by atoms with E-state index in [9.17, 15) is 8.42 Å². The lowest BCUT2D eigenvalue weighted by atomic mass is 9.96. The SMILES string of the molecule is CCS(=O)(=O)Nc1cc(-c2cnc(C(C)C(N)c3ccccc3)s2)cc(N(C)CC2CC2C)n1. The summed E-state index contributed by atoms with van der Waals surface area (Å²) in [7, 11) is -1.44. The summed E-state index contributed by atoms with van der Waals surface area (Å²) in [5, 5.41) is 0.945. The molecule has 1 aliphatic rings. The molecule has 0 amide bonds. The Labute approximate surface area is 206 Å². The maximum atomic E-state index is 12.2. The molecular formula is C25H33N5O2S2. The van der Waals surface area contributed by atoms with Gasteiger partial charge in [0.25, 0.3) is 0 Å². The normalized spacial score (nSPS) is 19.4. The van der Waals surface area contributed by atoms with E-state index >= 15 is 0 Å². The summed E-state index contributed by atoms with van der Waals surface area (Å²) in [4.78, 5) is 12.3. The minimum atomic E-state index is -3.44. The van der Waals surface area contributed by atoms with Crippen LogP contribution in [0.5, 0.6) is 0 Å². The summed E-state index contributed by atoms with van der Waals surface area (Å²) < 4.78 is 27.1. The molecule has 34 heavy (non-hydrogen) atoms. The van der Waals surface area contributed by atoms with Gasteiger partial charge in [0.2, 0.25) is 10.0 Å². The number of pyridine rings is 1. The molecule has 0 aliphatic heterocycles. The Balaban J connectivity index is 1.63. The monoisotopic (exact) mass is 499 g/mol. The molecule has 1 aromatic carbocycles. The van der Waals surface area contributed by atoms with Crippen LogP contribution in [-0.4, -0.2) is 37.7 Å². The van der Waals surface area contributed by atoms with Crippen LogP contribution >= 0.6 is 11.3 Å². The molecule has 1 aliphatic carbocycles. The third-order valence-corrected chi connectivity index (χ3v) is 9.08. The first-order valence-electron chi connectivity index (χ1n) is 11.7. The van der Waals surface area contributed by atoms with E-state index in [1.807, 2.05) is 49.6 Å². The highest BCUT2D eigenvalue weighted by Gasteiger charge is 2.33. The molecule has 3 aromatic rings. The number of hydrogen-bond acceptors (Lipinski definition) is 7. The third kappa shape index (κ3) is 5.76. The molecule has 0 radical (unpaired) electrons. The van der Waals surface area contributed by atoms with E-state index in [-0.39, 0.29) is 17.7 Å². The predicted molar refractivity (Wildman–Crippen MR) is 141 cm³/mol. The first-order chi connectivity index (χ1) is 16.2. The van der Waals surface area contributed by atoms with Gasteiger partial charge < -0.3 is 10.6 Å². The number of benzene rings is 1. The maximum absolute atomic E-state index is 12.2. The van der Waals surface area contributed by atoms with Crippen LogP contribution in [0.4, 0.5) is 11.6 Å². The fourth-order valence-electron chi connectivity index (χ4n) is 3.99. The van der Waals surface area contributed by atoms with E-state index in [1.165, 1.54) is 6.42 Å². The second kappa shape index (κ2) is 10.0. The fourth-order valence-corrected chi connectivity index (χ4v) is 5.56. The number of aromatic nitrogens is 2. The van der Waals surface area contributed by atoms with Crippen molar-refractivity contribution in [2.45, 2.75) is 39.2 Å². The van der Waals surface area contributed by atoms with Crippen LogP contribution in [0.2, 0.25) is 0 Å². The second-order valence-electron chi connectivity index (χ2n) is 9.25. The summed E-state index contributed by atoms with van der Waals surface area (Å²) >= 11 is 1.58. The molecule has 2 aromatic heterocycles. The average molecular weight is 500 g/mol. The van der Waals surface area contributed by atoms with Gasteiger partial charge in [-0.25, -0.2) is 18.4 Å². The molecule has 0 spiro atoms. The Morgan fingerprint density at radius 3 is 2.62 bits per heavy atom. The van der Waals surface area contributed by atoms with Gasteiger partial charge in [-0.2, -0.15) is 0 Å². The van der Waals surface area contributed by atoms with Crippen molar-refractivity contribution in [1.29, 1.82) is 0 Å². The van der Waals surface area contributed by atoms with E-state index in [0.29, 0.717) is 11.7 Å². The number of sulfonamides is 1. The van der Waals surface area contributed by atoms with Gasteiger partial charge in [-0.3, -0.25) is 4.72 Å². The van der Waals surface area contributed by atoms with Gasteiger partial charge in [0, 0.05) is 37.3 Å². The Morgan fingerprint density at radius 2 is 1.97 bits per heavy atom. The van der Waals surface area contributed by atoms with Gasteiger partial charge in [0.1, 0.15) is 11.6 Å². The molecule has 4 atom stereocenters. The predicted octanol–water partition coefficient (Wildman–Crippen LogP) is 4.86. The van der Waals surface area contributed by atoms with Crippen molar-refractivity contribution in [2.75, 3.05) is 29.0 Å². The topological polar surface area (TPSA) is 101 Å². The number of anilines is 2. The quantitative estimate of drug-likeness (QED) is 0.413. The average Bonchev–Trinajstić information content (AvgIpc) is 3.31. The van der Waals surface area contributed by atoms with Crippen LogP contribution in [-0.2, 0) is 10.0 Å². The highest BCUT2D eigenvalue weighted by atomic mass is 32.2. The van der Waals surface area contributed by atoms with Crippen molar-refractivity contribution >= 4 is 33.0 Å². The first kappa shape index (κ1) is 24.6. The summed E-state index contributed by atoms with van der Waals surface area (Å²) in [6, 6.07) is 13.7. The van der Waals surface area contributed by atoms with Gasteiger partial charge in [-0.15, -0.1) is 11.3 Å². The molecular weight excluding hydrogens is 466 g/mol. The van der Waals surface area contributed by atoms with Gasteiger partial charge in [-0.05, 0) is 42.9 Å². The van der Waals surface area contributed by atoms with Crippen LogP contribution in [0.1, 0.15) is 49.7 Å². The van der Waals surface area contributed by atoms with E-state index < -0.39 is 10.0 Å². The van der Waals surface area contributed by atoms with Crippen molar-refractivity contribution < 1.29 is 8.42 Å². The highest BCUT2D eigenvalue weighted by molar-refractivity contribution is 7.92. The van der Waals surface area contributed by atoms with Crippen LogP contribution in [0.15, 0.2) is 48.7 Å². The standard InChI is InChI=1S/C25H33N5O2S2/c1-5-34(31,32)29-22-12-19(13-23(28-22)30(4)15-20-11-16(20)2)21-14-27-25(33-21)17(3)24(26)18-9-7-6-8-10-18/h6-10,12-14,16-17,20,24H,5,11,15,26H2,1-4H3,(H,28,29). The molecule has 9 heteroatoms. The zero-order valence-corrected chi connectivity index (χ0v) is 21.7. The van der Waals surface area contributed by atoms with Crippen LogP contribution in [0.25, 0.3) is 10.4 Å². The Bertz CT molecular complexity index is 1230. The molecule has 1 saturated carbocycles. The molecule has 4 unspecified atom stereocenters. The summed E-state index contributed by atoms with van der Waals surface area (Å²) in [6.07, 6.45) is 3.06. The molecule has 182 valence electrons. The maximum Gasteiger partial charge on any atom is 0.233 e. The minimum absolute atomic E-state index is 0.0107. The second-order valence-corrected chi connectivity index (χ2v) is 12.3. The highest BCUT2D eigenvalue weighted by Crippen LogP contribution is 2.40. The lowest BCUT2D eigenvalue weighted by molar-refractivity contribution is 0.595. The zero-order valence-electron chi connectivity index (χ0n) is 20.1. The van der Waals surface area contributed by atoms with Crippen molar-refractivity contribution in [3.8, 4) is 10.4 Å². The van der Waals surface area contributed by atoms with Gasteiger partial charge in [0.15, 0.2) is 0 Å². The zero-order chi connectivity index (χ0) is 24.5. The van der Waals surface area contributed by atoms with E-state index in [1.54, 1.807) is 24.3 Å². The number of nitrogens with zero attached hydrogens (tertiary/aromatic N) is 3. The lowest BCUT2D eigenvalue weighted by Crippen LogP contribution is -2.23. The molecule has 7 nitrogen and oxygen atoms in total. The van der Waals surface area contributed by atoms with Crippen molar-refractivity contribution in [1.82, 2.24) is 9.97 Å². The van der Waals surface area contributed by atoms with E-state index in [0.717, 1.165) is 39.3 Å². The number of hydrogen-bond donors (Lipinski definition) is 2. The molecule has 3 N–H and O–H groups in total. The molecule has 4 rings (SSSR count). The summed E-state index contributed by atoms with van der Waals surface area (Å²) in [5.74, 6) is 2.48. The van der Waals surface area contributed by atoms with Crippen molar-refractivity contribution in [3.05, 3.63) is 59.2 Å². The van der Waals surface area contributed by atoms with E-state index in [4.69, 9.17) is 5.73 Å². The molecule has 2 heterocycles. The molecule has 0 saturated heterocycles. The lowest BCUT2D eigenvalue weighted by Gasteiger charge is -2.20. The van der Waals surface area contributed by atoms with Gasteiger partial charge in [-0.1, -0.05) is 44.2 Å². The van der Waals surface area contributed by atoms with Crippen LogP contribution < -0.4 is 15.4 Å². The Morgan fingerprint density at radius 1 is 1.26 bits per heavy atom. The first-order valence-corrected chi connectivity index (χ1v) is 14.1. The smallest absolute Gasteiger partial charge is 0.233 e. The molecule has 1 fully saturated rings. The number of nitrogens with one attached hydrogen (secondary N) is 1. The Kier molecular flexibility index (Phi) is 7.25. The minimum Gasteiger partial charge on any atom is -0.359 e. The van der Waals surface area contributed by atoms with Gasteiger partial charge in [0.05, 0.1) is 15.6 Å². The Hall–Kier alpha value is -2.49. The van der Waals surface area contributed by atoms with Crippen molar-refractivity contribution in [2.24, 2.45) is 17.6 Å². The number of rotatable bonds is 10. The third-order valence-electron chi connectivity index (χ3n) is 6.55. The number of nitrogens with two attached hydrogens (primary N) is 1. The van der Waals surface area contributed by atoms with Gasteiger partial charge >= 0.3 is 0 Å². The fraction of sp³-hybridized carbons (Fsp3) is 0.440. The van der Waals surface area contributed by atoms with Crippen molar-refractivity contribution in [3.63, 3.8) is 0 Å². The summed E-state index contributed by atoms with van der Waals surface area (Å²) in [5.41, 5.74) is 8.49. The van der Waals surface area contributed by atoms with E-state index in [2.05, 4.69) is 33.4 Å². The largest absolute Gasteiger partial charge is 0.359 e.